The van der Waals surface area contributed by atoms with Gasteiger partial charge < -0.3 is 4.90 Å². The lowest BCUT2D eigenvalue weighted by Crippen LogP contribution is -2.51. The van der Waals surface area contributed by atoms with Gasteiger partial charge in [0.25, 0.3) is 5.91 Å². The van der Waals surface area contributed by atoms with Crippen molar-refractivity contribution in [1.29, 1.82) is 0 Å². The molecule has 0 atom stereocenters. The number of nitrogens with zero attached hydrogens (tertiary/aromatic N) is 2. The van der Waals surface area contributed by atoms with Crippen LogP contribution in [0.4, 0.5) is 8.78 Å². The number of halogens is 3. The minimum absolute atomic E-state index is 0.0610. The maximum absolute atomic E-state index is 13.5. The van der Waals surface area contributed by atoms with Crippen LogP contribution in [-0.4, -0.2) is 35.1 Å². The van der Waals surface area contributed by atoms with Gasteiger partial charge in [-0.15, -0.1) is 0 Å². The van der Waals surface area contributed by atoms with Gasteiger partial charge in [-0.2, -0.15) is 0 Å². The van der Waals surface area contributed by atoms with Crippen LogP contribution in [0.3, 0.4) is 0 Å². The van der Waals surface area contributed by atoms with Crippen LogP contribution in [0.25, 0.3) is 11.1 Å². The summed E-state index contributed by atoms with van der Waals surface area (Å²) in [6.07, 6.45) is 2.24. The van der Waals surface area contributed by atoms with Crippen LogP contribution in [0.15, 0.2) is 41.1 Å². The first-order valence-corrected chi connectivity index (χ1v) is 7.17. The fraction of sp³-hybridized carbons (Fsp3) is 0.200. The van der Waals surface area contributed by atoms with Gasteiger partial charge in [0.2, 0.25) is 0 Å². The van der Waals surface area contributed by atoms with Gasteiger partial charge in [0.15, 0.2) is 0 Å². The molecule has 1 aliphatic heterocycles. The third kappa shape index (κ3) is 2.81. The van der Waals surface area contributed by atoms with E-state index in [1.165, 1.54) is 17.0 Å². The Labute approximate surface area is 128 Å². The summed E-state index contributed by atoms with van der Waals surface area (Å²) in [6, 6.07) is 5.81. The zero-order valence-electron chi connectivity index (χ0n) is 10.9. The van der Waals surface area contributed by atoms with Crippen molar-refractivity contribution in [2.75, 3.05) is 13.1 Å². The van der Waals surface area contributed by atoms with Crippen molar-refractivity contribution in [3.63, 3.8) is 0 Å². The first-order chi connectivity index (χ1) is 10.0. The molecule has 2 aromatic rings. The molecule has 3 nitrogen and oxygen atoms in total. The molecule has 1 aliphatic rings. The van der Waals surface area contributed by atoms with Crippen LogP contribution in [0.5, 0.6) is 0 Å². The number of pyridine rings is 1. The van der Waals surface area contributed by atoms with E-state index in [4.69, 9.17) is 0 Å². The molecule has 6 heteroatoms. The molecule has 0 spiro atoms. The quantitative estimate of drug-likeness (QED) is 0.829. The second kappa shape index (κ2) is 5.52. The number of amides is 1. The molecule has 1 saturated heterocycles. The first-order valence-electron chi connectivity index (χ1n) is 6.38. The van der Waals surface area contributed by atoms with Gasteiger partial charge in [-0.05, 0) is 39.7 Å². The second-order valence-corrected chi connectivity index (χ2v) is 5.80. The lowest BCUT2D eigenvalue weighted by Gasteiger charge is -2.34. The highest BCUT2D eigenvalue weighted by molar-refractivity contribution is 9.10. The Morgan fingerprint density at radius 1 is 1.29 bits per heavy atom. The molecule has 0 radical (unpaired) electrons. The van der Waals surface area contributed by atoms with Crippen LogP contribution in [0, 0.1) is 5.82 Å². The topological polar surface area (TPSA) is 33.2 Å². The smallest absolute Gasteiger partial charge is 0.254 e. The normalized spacial score (nSPS) is 14.9. The SMILES string of the molecule is O=C(c1cc(F)ccc1-c1cncc(Br)c1)N1CC(F)C1. The van der Waals surface area contributed by atoms with E-state index in [0.29, 0.717) is 11.1 Å². The number of alkyl halides is 1. The monoisotopic (exact) mass is 352 g/mol. The summed E-state index contributed by atoms with van der Waals surface area (Å²) in [4.78, 5) is 17.8. The van der Waals surface area contributed by atoms with E-state index in [0.717, 1.165) is 4.47 Å². The summed E-state index contributed by atoms with van der Waals surface area (Å²) in [5, 5.41) is 0. The summed E-state index contributed by atoms with van der Waals surface area (Å²) in [7, 11) is 0. The van der Waals surface area contributed by atoms with E-state index in [1.807, 2.05) is 0 Å². The summed E-state index contributed by atoms with van der Waals surface area (Å²) >= 11 is 3.32. The van der Waals surface area contributed by atoms with Crippen molar-refractivity contribution in [2.45, 2.75) is 6.17 Å². The summed E-state index contributed by atoms with van der Waals surface area (Å²) in [5.41, 5.74) is 1.50. The average molecular weight is 353 g/mol. The number of rotatable bonds is 2. The number of hydrogen-bond donors (Lipinski definition) is 0. The van der Waals surface area contributed by atoms with Crippen LogP contribution in [0.2, 0.25) is 0 Å². The fourth-order valence-corrected chi connectivity index (χ4v) is 2.63. The molecule has 1 aromatic heterocycles. The molecular formula is C15H11BrF2N2O. The Kier molecular flexibility index (Phi) is 3.71. The Balaban J connectivity index is 2.03. The van der Waals surface area contributed by atoms with Crippen molar-refractivity contribution in [3.05, 3.63) is 52.5 Å². The summed E-state index contributed by atoms with van der Waals surface area (Å²) in [6.45, 7) is 0.122. The van der Waals surface area contributed by atoms with Gasteiger partial charge in [0.1, 0.15) is 12.0 Å². The zero-order chi connectivity index (χ0) is 15.0. The van der Waals surface area contributed by atoms with Crippen molar-refractivity contribution in [3.8, 4) is 11.1 Å². The Morgan fingerprint density at radius 3 is 2.71 bits per heavy atom. The molecular weight excluding hydrogens is 342 g/mol. The van der Waals surface area contributed by atoms with Crippen molar-refractivity contribution in [1.82, 2.24) is 9.88 Å². The third-order valence-corrected chi connectivity index (χ3v) is 3.79. The largest absolute Gasteiger partial charge is 0.333 e. The molecule has 2 heterocycles. The fourth-order valence-electron chi connectivity index (χ4n) is 2.27. The van der Waals surface area contributed by atoms with Gasteiger partial charge >= 0.3 is 0 Å². The van der Waals surface area contributed by atoms with Gasteiger partial charge in [-0.1, -0.05) is 6.07 Å². The van der Waals surface area contributed by atoms with E-state index in [-0.39, 0.29) is 24.6 Å². The van der Waals surface area contributed by atoms with E-state index >= 15 is 0 Å². The minimum atomic E-state index is -0.988. The van der Waals surface area contributed by atoms with Crippen LogP contribution in [0.1, 0.15) is 10.4 Å². The van der Waals surface area contributed by atoms with E-state index < -0.39 is 12.0 Å². The molecule has 0 bridgehead atoms. The summed E-state index contributed by atoms with van der Waals surface area (Å²) < 4.78 is 27.2. The van der Waals surface area contributed by atoms with Crippen LogP contribution in [-0.2, 0) is 0 Å². The van der Waals surface area contributed by atoms with Gasteiger partial charge in [0.05, 0.1) is 18.7 Å². The second-order valence-electron chi connectivity index (χ2n) is 4.89. The first kappa shape index (κ1) is 14.1. The molecule has 1 aromatic carbocycles. The van der Waals surface area contributed by atoms with E-state index in [2.05, 4.69) is 20.9 Å². The lowest BCUT2D eigenvalue weighted by atomic mass is 9.98. The standard InChI is InChI=1S/C15H11BrF2N2O/c16-10-3-9(5-19-6-10)13-2-1-11(17)4-14(13)15(21)20-7-12(18)8-20/h1-6,12H,7-8H2. The average Bonchev–Trinajstić information content (AvgIpc) is 2.43. The molecule has 0 aliphatic carbocycles. The van der Waals surface area contributed by atoms with Crippen molar-refractivity contribution in [2.24, 2.45) is 0 Å². The minimum Gasteiger partial charge on any atom is -0.333 e. The Morgan fingerprint density at radius 2 is 2.05 bits per heavy atom. The highest BCUT2D eigenvalue weighted by Gasteiger charge is 2.32. The van der Waals surface area contributed by atoms with Gasteiger partial charge in [-0.3, -0.25) is 9.78 Å². The maximum atomic E-state index is 13.5. The lowest BCUT2D eigenvalue weighted by molar-refractivity contribution is 0.0400. The number of carbonyl (C=O) groups excluding carboxylic acids is 1. The third-order valence-electron chi connectivity index (χ3n) is 3.35. The highest BCUT2D eigenvalue weighted by atomic mass is 79.9. The van der Waals surface area contributed by atoms with E-state index in [9.17, 15) is 13.6 Å². The van der Waals surface area contributed by atoms with Gasteiger partial charge in [-0.25, -0.2) is 8.78 Å². The highest BCUT2D eigenvalue weighted by Crippen LogP contribution is 2.28. The number of aromatic nitrogens is 1. The van der Waals surface area contributed by atoms with Crippen molar-refractivity contribution >= 4 is 21.8 Å². The molecule has 108 valence electrons. The molecule has 0 N–H and O–H groups in total. The summed E-state index contributed by atoms with van der Waals surface area (Å²) in [5.74, 6) is -0.860. The van der Waals surface area contributed by atoms with E-state index in [1.54, 1.807) is 24.5 Å². The maximum Gasteiger partial charge on any atom is 0.254 e. The number of hydrogen-bond acceptors (Lipinski definition) is 2. The Bertz CT molecular complexity index is 702. The molecule has 1 amide bonds. The molecule has 0 unspecified atom stereocenters. The van der Waals surface area contributed by atoms with Crippen LogP contribution >= 0.6 is 15.9 Å². The van der Waals surface area contributed by atoms with Crippen LogP contribution < -0.4 is 0 Å². The molecule has 3 rings (SSSR count). The predicted molar refractivity (Wildman–Crippen MR) is 78.1 cm³/mol. The molecule has 21 heavy (non-hydrogen) atoms. The Hall–Kier alpha value is -1.82. The zero-order valence-corrected chi connectivity index (χ0v) is 12.5. The van der Waals surface area contributed by atoms with Crippen molar-refractivity contribution < 1.29 is 13.6 Å². The number of carbonyl (C=O) groups is 1. The number of likely N-dealkylation sites (tertiary alicyclic amines) is 1. The number of benzene rings is 1. The van der Waals surface area contributed by atoms with Gasteiger partial charge in [0, 0.05) is 22.4 Å². The molecule has 1 fully saturated rings. The molecule has 0 saturated carbocycles. The predicted octanol–water partition coefficient (Wildman–Crippen LogP) is 3.44.